The van der Waals surface area contributed by atoms with Gasteiger partial charge >= 0.3 is 5.97 Å². The molecule has 0 spiro atoms. The van der Waals surface area contributed by atoms with Gasteiger partial charge in [0, 0.05) is 5.41 Å². The van der Waals surface area contributed by atoms with Crippen molar-refractivity contribution in [2.24, 2.45) is 5.41 Å². The van der Waals surface area contributed by atoms with Crippen LogP contribution in [0.4, 0.5) is 0 Å². The summed E-state index contributed by atoms with van der Waals surface area (Å²) in [7, 11) is 0. The summed E-state index contributed by atoms with van der Waals surface area (Å²) in [5, 5.41) is 31.4. The molecule has 0 aromatic carbocycles. The van der Waals surface area contributed by atoms with Crippen LogP contribution in [0.3, 0.4) is 0 Å². The second-order valence-corrected chi connectivity index (χ2v) is 10.8. The number of hydrogen-bond acceptors (Lipinski definition) is 10. The summed E-state index contributed by atoms with van der Waals surface area (Å²) >= 11 is 35.2. The van der Waals surface area contributed by atoms with Gasteiger partial charge in [-0.2, -0.15) is 9.97 Å². The van der Waals surface area contributed by atoms with Gasteiger partial charge in [-0.1, -0.05) is 83.5 Å². The second-order valence-electron chi connectivity index (χ2n) is 8.42. The summed E-state index contributed by atoms with van der Waals surface area (Å²) in [5.41, 5.74) is -6.08. The summed E-state index contributed by atoms with van der Waals surface area (Å²) < 4.78 is 15.7. The molecule has 1 aliphatic carbocycles. The zero-order valence-corrected chi connectivity index (χ0v) is 23.4. The molecule has 3 atom stereocenters. The molecule has 0 radical (unpaired) electrons. The van der Waals surface area contributed by atoms with Crippen molar-refractivity contribution < 1.29 is 39.1 Å². The Morgan fingerprint density at radius 3 is 1.76 bits per heavy atom. The molecule has 1 fully saturated rings. The molecular weight excluding hydrogens is 621 g/mol. The largest absolute Gasteiger partial charge is 0.468 e. The van der Waals surface area contributed by atoms with E-state index in [1.165, 1.54) is 26.0 Å². The first-order valence-electron chi connectivity index (χ1n) is 10.2. The fourth-order valence-corrected chi connectivity index (χ4v) is 4.86. The molecule has 0 aliphatic heterocycles. The highest BCUT2D eigenvalue weighted by Crippen LogP contribution is 2.66. The van der Waals surface area contributed by atoms with Crippen molar-refractivity contribution in [1.29, 1.82) is 0 Å². The lowest BCUT2D eigenvalue weighted by molar-refractivity contribution is -0.172. The van der Waals surface area contributed by atoms with Gasteiger partial charge in [0.15, 0.2) is 29.6 Å². The van der Waals surface area contributed by atoms with Crippen LogP contribution in [0.15, 0.2) is 12.1 Å². The SMILES string of the molecule is CC1(C)[C@@](O)(CO)[C@]1(O)C(OC(=O)COc1nc(Cl)c(Cl)cc1Cl)C(=O)COc1nc(Cl)c(Cl)cc1Cl. The molecule has 37 heavy (non-hydrogen) atoms. The van der Waals surface area contributed by atoms with Crippen molar-refractivity contribution in [3.63, 3.8) is 0 Å². The Morgan fingerprint density at radius 1 is 0.865 bits per heavy atom. The molecule has 1 aliphatic rings. The molecule has 1 unspecified atom stereocenters. The number of Topliss-reactive ketones (excluding diaryl/α,β-unsaturated/α-hetero) is 1. The summed E-state index contributed by atoms with van der Waals surface area (Å²) in [5.74, 6) is -2.69. The lowest BCUT2D eigenvalue weighted by Gasteiger charge is -2.25. The molecule has 202 valence electrons. The van der Waals surface area contributed by atoms with Crippen LogP contribution in [0.25, 0.3) is 0 Å². The predicted octanol–water partition coefficient (Wildman–Crippen LogP) is 3.83. The lowest BCUT2D eigenvalue weighted by atomic mass is 9.99. The molecule has 1 saturated carbocycles. The minimum absolute atomic E-state index is 0.0377. The first kappa shape index (κ1) is 30.2. The van der Waals surface area contributed by atoms with E-state index < -0.39 is 54.3 Å². The van der Waals surface area contributed by atoms with Crippen molar-refractivity contribution in [2.45, 2.75) is 31.2 Å². The Bertz CT molecular complexity index is 1250. The highest BCUT2D eigenvalue weighted by molar-refractivity contribution is 6.43. The Kier molecular flexibility index (Phi) is 9.01. The van der Waals surface area contributed by atoms with Crippen molar-refractivity contribution in [1.82, 2.24) is 9.97 Å². The van der Waals surface area contributed by atoms with Crippen LogP contribution in [0.5, 0.6) is 11.8 Å². The number of carbonyl (C=O) groups is 2. The number of pyridine rings is 2. The number of aromatic nitrogens is 2. The number of rotatable bonds is 10. The Morgan fingerprint density at radius 2 is 1.32 bits per heavy atom. The molecule has 2 aromatic rings. The zero-order chi connectivity index (χ0) is 27.9. The van der Waals surface area contributed by atoms with E-state index in [1.807, 2.05) is 0 Å². The standard InChI is InChI=1S/C21H18Cl6N2O8/c1-19(2)20(33,7-30)21(19,34)14(12(31)5-35-17-10(24)3-8(22)15(26)28-17)37-13(32)6-36-18-11(25)4-9(23)16(27)29-18/h3-4,14,30,33-34H,5-7H2,1-2H3/t14?,20-,21-/m0/s1. The van der Waals surface area contributed by atoms with Gasteiger partial charge in [-0.25, -0.2) is 4.79 Å². The minimum atomic E-state index is -2.40. The quantitative estimate of drug-likeness (QED) is 0.259. The van der Waals surface area contributed by atoms with E-state index in [0.29, 0.717) is 0 Å². The number of ketones is 1. The number of nitrogens with zero attached hydrogens (tertiary/aromatic N) is 2. The maximum absolute atomic E-state index is 13.1. The predicted molar refractivity (Wildman–Crippen MR) is 135 cm³/mol. The molecule has 2 aromatic heterocycles. The average Bonchev–Trinajstić information content (AvgIpc) is 3.19. The second kappa shape index (κ2) is 11.0. The maximum atomic E-state index is 13.1. The first-order valence-corrected chi connectivity index (χ1v) is 12.4. The molecule has 0 saturated heterocycles. The fraction of sp³-hybridized carbons (Fsp3) is 0.429. The maximum Gasteiger partial charge on any atom is 0.345 e. The van der Waals surface area contributed by atoms with Crippen molar-refractivity contribution in [2.75, 3.05) is 19.8 Å². The van der Waals surface area contributed by atoms with Crippen molar-refractivity contribution >= 4 is 81.4 Å². The number of ether oxygens (including phenoxy) is 3. The number of esters is 1. The third-order valence-corrected chi connectivity index (χ3v) is 7.98. The van der Waals surface area contributed by atoms with Crippen LogP contribution in [-0.4, -0.2) is 74.2 Å². The van der Waals surface area contributed by atoms with E-state index in [1.54, 1.807) is 0 Å². The van der Waals surface area contributed by atoms with Gasteiger partial charge in [0.05, 0.1) is 16.7 Å². The van der Waals surface area contributed by atoms with Gasteiger partial charge < -0.3 is 29.5 Å². The number of carbonyl (C=O) groups excluding carboxylic acids is 2. The number of aliphatic hydroxyl groups is 3. The van der Waals surface area contributed by atoms with Gasteiger partial charge in [-0.3, -0.25) is 4.79 Å². The first-order chi connectivity index (χ1) is 17.1. The Hall–Kier alpha value is -1.34. The van der Waals surface area contributed by atoms with E-state index in [0.717, 1.165) is 0 Å². The van der Waals surface area contributed by atoms with Gasteiger partial charge in [0.2, 0.25) is 17.5 Å². The summed E-state index contributed by atoms with van der Waals surface area (Å²) in [4.78, 5) is 33.3. The van der Waals surface area contributed by atoms with Gasteiger partial charge in [0.25, 0.3) is 0 Å². The smallest absolute Gasteiger partial charge is 0.345 e. The van der Waals surface area contributed by atoms with Gasteiger partial charge in [-0.05, 0) is 12.1 Å². The topological polar surface area (TPSA) is 148 Å². The third kappa shape index (κ3) is 5.41. The van der Waals surface area contributed by atoms with Crippen LogP contribution in [0.2, 0.25) is 30.4 Å². The van der Waals surface area contributed by atoms with E-state index in [9.17, 15) is 24.9 Å². The fourth-order valence-electron chi connectivity index (χ4n) is 3.77. The molecule has 2 heterocycles. The summed E-state index contributed by atoms with van der Waals surface area (Å²) in [6.07, 6.45) is -2.02. The summed E-state index contributed by atoms with van der Waals surface area (Å²) in [6, 6.07) is 2.47. The Labute approximate surface area is 240 Å². The zero-order valence-electron chi connectivity index (χ0n) is 18.9. The number of halogens is 6. The Balaban J connectivity index is 1.80. The molecule has 0 amide bonds. The van der Waals surface area contributed by atoms with Crippen LogP contribution >= 0.6 is 69.6 Å². The molecular formula is C21H18Cl6N2O8. The summed E-state index contributed by atoms with van der Waals surface area (Å²) in [6.45, 7) is 0.127. The van der Waals surface area contributed by atoms with E-state index in [-0.39, 0.29) is 42.2 Å². The number of hydrogen-bond donors (Lipinski definition) is 3. The van der Waals surface area contributed by atoms with Crippen molar-refractivity contribution in [3.05, 3.63) is 42.5 Å². The third-order valence-electron chi connectivity index (χ3n) is 6.09. The highest BCUT2D eigenvalue weighted by atomic mass is 35.5. The molecule has 3 N–H and O–H groups in total. The van der Waals surface area contributed by atoms with E-state index in [4.69, 9.17) is 83.8 Å². The van der Waals surface area contributed by atoms with Crippen LogP contribution in [-0.2, 0) is 14.3 Å². The number of aliphatic hydroxyl groups excluding tert-OH is 1. The average molecular weight is 639 g/mol. The monoisotopic (exact) mass is 636 g/mol. The van der Waals surface area contributed by atoms with E-state index >= 15 is 0 Å². The normalized spacial score (nSPS) is 22.8. The van der Waals surface area contributed by atoms with Crippen LogP contribution < -0.4 is 9.47 Å². The van der Waals surface area contributed by atoms with Gasteiger partial charge in [0.1, 0.15) is 21.2 Å². The highest BCUT2D eigenvalue weighted by Gasteiger charge is 2.87. The van der Waals surface area contributed by atoms with Crippen LogP contribution in [0, 0.1) is 5.41 Å². The lowest BCUT2D eigenvalue weighted by Crippen LogP contribution is -2.49. The van der Waals surface area contributed by atoms with Crippen molar-refractivity contribution in [3.8, 4) is 11.8 Å². The molecule has 10 nitrogen and oxygen atoms in total. The molecule has 3 rings (SSSR count). The minimum Gasteiger partial charge on any atom is -0.468 e. The van der Waals surface area contributed by atoms with Crippen LogP contribution in [0.1, 0.15) is 13.8 Å². The molecule has 0 bridgehead atoms. The molecule has 16 heteroatoms. The van der Waals surface area contributed by atoms with E-state index in [2.05, 4.69) is 9.97 Å². The van der Waals surface area contributed by atoms with Gasteiger partial charge in [-0.15, -0.1) is 0 Å².